The van der Waals surface area contributed by atoms with Crippen LogP contribution in [0.5, 0.6) is 5.88 Å². The minimum atomic E-state index is -3.00. The molecule has 0 aromatic carbocycles. The molecular weight excluding hydrogens is 394 g/mol. The van der Waals surface area contributed by atoms with Crippen LogP contribution < -0.4 is 10.1 Å². The normalized spacial score (nSPS) is 13.6. The number of anilines is 1. The molecule has 0 saturated carbocycles. The lowest BCUT2D eigenvalue weighted by atomic mass is 10.1. The number of alkyl halides is 2. The molecule has 2 amide bonds. The number of pyridine rings is 2. The summed E-state index contributed by atoms with van der Waals surface area (Å²) in [5.41, 5.74) is 2.42. The van der Waals surface area contributed by atoms with Crippen molar-refractivity contribution in [3.8, 4) is 5.88 Å². The van der Waals surface area contributed by atoms with E-state index >= 15 is 0 Å². The SMILES string of the molecule is Cc1cnc(OCC(C)(F)F)c(CN2Cc3c(ccnc3NC(=O)C(C)C)C2=O)c1. The molecule has 9 heteroatoms. The average molecular weight is 418 g/mol. The summed E-state index contributed by atoms with van der Waals surface area (Å²) in [5.74, 6) is -3.24. The molecule has 0 spiro atoms. The van der Waals surface area contributed by atoms with Gasteiger partial charge in [-0.2, -0.15) is 0 Å². The molecule has 0 saturated heterocycles. The number of aromatic nitrogens is 2. The summed E-state index contributed by atoms with van der Waals surface area (Å²) in [4.78, 5) is 34.8. The first-order valence-electron chi connectivity index (χ1n) is 9.59. The lowest BCUT2D eigenvalue weighted by Gasteiger charge is -2.19. The van der Waals surface area contributed by atoms with E-state index in [1.807, 2.05) is 6.92 Å². The van der Waals surface area contributed by atoms with Crippen molar-refractivity contribution in [2.75, 3.05) is 11.9 Å². The second-order valence-corrected chi connectivity index (χ2v) is 7.83. The molecule has 0 bridgehead atoms. The van der Waals surface area contributed by atoms with E-state index in [1.54, 1.807) is 30.9 Å². The first-order valence-corrected chi connectivity index (χ1v) is 9.59. The van der Waals surface area contributed by atoms with Crippen LogP contribution in [0.25, 0.3) is 0 Å². The van der Waals surface area contributed by atoms with Crippen molar-refractivity contribution in [3.05, 3.63) is 46.8 Å². The van der Waals surface area contributed by atoms with E-state index < -0.39 is 12.5 Å². The van der Waals surface area contributed by atoms with Crippen molar-refractivity contribution in [3.63, 3.8) is 0 Å². The maximum absolute atomic E-state index is 13.2. The highest BCUT2D eigenvalue weighted by atomic mass is 19.3. The summed E-state index contributed by atoms with van der Waals surface area (Å²) in [6.45, 7) is 5.67. The number of aryl methyl sites for hydroxylation is 1. The Labute approximate surface area is 173 Å². The van der Waals surface area contributed by atoms with Gasteiger partial charge in [0.1, 0.15) is 5.82 Å². The highest BCUT2D eigenvalue weighted by Crippen LogP contribution is 2.31. The Kier molecular flexibility index (Phi) is 6.00. The van der Waals surface area contributed by atoms with Crippen molar-refractivity contribution in [2.45, 2.75) is 46.7 Å². The summed E-state index contributed by atoms with van der Waals surface area (Å²) in [6.07, 6.45) is 3.00. The van der Waals surface area contributed by atoms with Crippen molar-refractivity contribution in [2.24, 2.45) is 5.92 Å². The molecule has 2 aromatic heterocycles. The monoisotopic (exact) mass is 418 g/mol. The Morgan fingerprint density at radius 1 is 1.37 bits per heavy atom. The van der Waals surface area contributed by atoms with Gasteiger partial charge in [0, 0.05) is 41.9 Å². The predicted molar refractivity (Wildman–Crippen MR) is 106 cm³/mol. The van der Waals surface area contributed by atoms with E-state index in [0.29, 0.717) is 22.5 Å². The fraction of sp³-hybridized carbons (Fsp3) is 0.429. The van der Waals surface area contributed by atoms with Crippen molar-refractivity contribution < 1.29 is 23.1 Å². The number of ether oxygens (including phenoxy) is 1. The molecule has 0 radical (unpaired) electrons. The molecule has 3 heterocycles. The van der Waals surface area contributed by atoms with Gasteiger partial charge in [0.25, 0.3) is 11.8 Å². The standard InChI is InChI=1S/C21H24F2N4O3/c1-12(2)18(28)26-17-16-10-27(20(29)15(16)5-6-24-17)9-14-7-13(3)8-25-19(14)30-11-21(4,22)23/h5-8,12H,9-11H2,1-4H3,(H,24,26,28). The number of rotatable bonds is 7. The number of amides is 2. The molecule has 1 aliphatic rings. The van der Waals surface area contributed by atoms with Gasteiger partial charge in [-0.05, 0) is 24.6 Å². The van der Waals surface area contributed by atoms with Crippen LogP contribution in [-0.2, 0) is 17.9 Å². The molecule has 0 unspecified atom stereocenters. The van der Waals surface area contributed by atoms with E-state index in [-0.39, 0.29) is 36.7 Å². The van der Waals surface area contributed by atoms with Gasteiger partial charge in [-0.3, -0.25) is 9.59 Å². The number of hydrogen-bond donors (Lipinski definition) is 1. The quantitative estimate of drug-likeness (QED) is 0.743. The topological polar surface area (TPSA) is 84.4 Å². The summed E-state index contributed by atoms with van der Waals surface area (Å²) in [7, 11) is 0. The zero-order valence-corrected chi connectivity index (χ0v) is 17.3. The van der Waals surface area contributed by atoms with Crippen LogP contribution in [0.15, 0.2) is 24.5 Å². The van der Waals surface area contributed by atoms with Gasteiger partial charge < -0.3 is 15.0 Å². The largest absolute Gasteiger partial charge is 0.471 e. The van der Waals surface area contributed by atoms with E-state index in [4.69, 9.17) is 4.74 Å². The third-order valence-corrected chi connectivity index (χ3v) is 4.57. The number of carbonyl (C=O) groups is 2. The maximum atomic E-state index is 13.2. The molecule has 160 valence electrons. The Morgan fingerprint density at radius 2 is 2.10 bits per heavy atom. The highest BCUT2D eigenvalue weighted by molar-refractivity contribution is 6.01. The van der Waals surface area contributed by atoms with E-state index in [1.165, 1.54) is 12.4 Å². The van der Waals surface area contributed by atoms with Gasteiger partial charge in [0.2, 0.25) is 11.8 Å². The number of nitrogens with one attached hydrogen (secondary N) is 1. The Bertz CT molecular complexity index is 973. The first kappa shape index (κ1) is 21.6. The minimum absolute atomic E-state index is 0.0670. The van der Waals surface area contributed by atoms with Crippen LogP contribution in [0.2, 0.25) is 0 Å². The van der Waals surface area contributed by atoms with Gasteiger partial charge in [-0.15, -0.1) is 0 Å². The molecule has 2 aromatic rings. The molecule has 7 nitrogen and oxygen atoms in total. The first-order chi connectivity index (χ1) is 14.0. The average Bonchev–Trinajstić information content (AvgIpc) is 2.97. The van der Waals surface area contributed by atoms with Gasteiger partial charge in [-0.1, -0.05) is 13.8 Å². The number of halogens is 2. The van der Waals surface area contributed by atoms with Gasteiger partial charge >= 0.3 is 0 Å². The zero-order valence-electron chi connectivity index (χ0n) is 17.3. The lowest BCUT2D eigenvalue weighted by Crippen LogP contribution is -2.25. The van der Waals surface area contributed by atoms with Gasteiger partial charge in [0.15, 0.2) is 6.61 Å². The molecule has 3 rings (SSSR count). The van der Waals surface area contributed by atoms with E-state index in [9.17, 15) is 18.4 Å². The molecular formula is C21H24F2N4O3. The Morgan fingerprint density at radius 3 is 2.77 bits per heavy atom. The fourth-order valence-electron chi connectivity index (χ4n) is 3.04. The molecule has 0 atom stereocenters. The van der Waals surface area contributed by atoms with Crippen LogP contribution in [0.1, 0.15) is 47.8 Å². The van der Waals surface area contributed by atoms with Crippen LogP contribution in [-0.4, -0.2) is 39.2 Å². The second kappa shape index (κ2) is 8.33. The number of carbonyl (C=O) groups excluding carboxylic acids is 2. The summed E-state index contributed by atoms with van der Waals surface area (Å²) in [5, 5.41) is 2.75. The van der Waals surface area contributed by atoms with Crippen LogP contribution in [0.3, 0.4) is 0 Å². The van der Waals surface area contributed by atoms with Gasteiger partial charge in [-0.25, -0.2) is 18.7 Å². The summed E-state index contributed by atoms with van der Waals surface area (Å²) in [6, 6.07) is 3.36. The summed E-state index contributed by atoms with van der Waals surface area (Å²) < 4.78 is 31.6. The van der Waals surface area contributed by atoms with Crippen LogP contribution >= 0.6 is 0 Å². The van der Waals surface area contributed by atoms with E-state index in [0.717, 1.165) is 12.5 Å². The van der Waals surface area contributed by atoms with Crippen LogP contribution in [0, 0.1) is 12.8 Å². The third kappa shape index (κ3) is 4.90. The Hall–Kier alpha value is -3.10. The number of hydrogen-bond acceptors (Lipinski definition) is 5. The van der Waals surface area contributed by atoms with Crippen molar-refractivity contribution in [1.82, 2.24) is 14.9 Å². The zero-order chi connectivity index (χ0) is 22.1. The number of nitrogens with zero attached hydrogens (tertiary/aromatic N) is 3. The van der Waals surface area contributed by atoms with Gasteiger partial charge in [0.05, 0.1) is 13.1 Å². The molecule has 1 aliphatic heterocycles. The maximum Gasteiger partial charge on any atom is 0.278 e. The Balaban J connectivity index is 1.83. The molecule has 0 aliphatic carbocycles. The minimum Gasteiger partial charge on any atom is -0.471 e. The summed E-state index contributed by atoms with van der Waals surface area (Å²) >= 11 is 0. The predicted octanol–water partition coefficient (Wildman–Crippen LogP) is 3.57. The van der Waals surface area contributed by atoms with Crippen molar-refractivity contribution in [1.29, 1.82) is 0 Å². The van der Waals surface area contributed by atoms with Crippen LogP contribution in [0.4, 0.5) is 14.6 Å². The van der Waals surface area contributed by atoms with E-state index in [2.05, 4.69) is 15.3 Å². The smallest absolute Gasteiger partial charge is 0.278 e. The molecule has 1 N–H and O–H groups in total. The molecule has 0 fully saturated rings. The molecule has 30 heavy (non-hydrogen) atoms. The fourth-order valence-corrected chi connectivity index (χ4v) is 3.04. The number of fused-ring (bicyclic) bond motifs is 1. The lowest BCUT2D eigenvalue weighted by molar-refractivity contribution is -0.118. The highest BCUT2D eigenvalue weighted by Gasteiger charge is 2.32. The second-order valence-electron chi connectivity index (χ2n) is 7.83. The van der Waals surface area contributed by atoms with Crippen molar-refractivity contribution >= 4 is 17.6 Å². The third-order valence-electron chi connectivity index (χ3n) is 4.57.